The van der Waals surface area contributed by atoms with Crippen LogP contribution in [-0.4, -0.2) is 70.7 Å². The second kappa shape index (κ2) is 8.58. The molecule has 2 heterocycles. The zero-order chi connectivity index (χ0) is 20.1. The number of aromatic nitrogens is 3. The third-order valence-electron chi connectivity index (χ3n) is 3.48. The number of carbonyl (C=O) groups is 4. The SMILES string of the molecule is COC(=O)c1ncn([C@@H]2O[C@@H](COC(C)=O)[C@@H](OC(C)=O)[C@@H]2OC(C)=O)n1. The molecule has 12 heteroatoms. The number of hydrogen-bond acceptors (Lipinski definition) is 11. The quantitative estimate of drug-likeness (QED) is 0.456. The van der Waals surface area contributed by atoms with Gasteiger partial charge in [0.15, 0.2) is 18.4 Å². The van der Waals surface area contributed by atoms with Gasteiger partial charge < -0.3 is 23.7 Å². The zero-order valence-electron chi connectivity index (χ0n) is 15.1. The molecule has 1 aliphatic heterocycles. The van der Waals surface area contributed by atoms with Crippen molar-refractivity contribution >= 4 is 23.9 Å². The van der Waals surface area contributed by atoms with Gasteiger partial charge in [0.1, 0.15) is 19.0 Å². The first kappa shape index (κ1) is 20.3. The van der Waals surface area contributed by atoms with Crippen molar-refractivity contribution in [1.29, 1.82) is 0 Å². The van der Waals surface area contributed by atoms with Crippen LogP contribution in [0, 0.1) is 0 Å². The van der Waals surface area contributed by atoms with Crippen LogP contribution in [0.25, 0.3) is 0 Å². The lowest BCUT2D eigenvalue weighted by atomic mass is 10.1. The maximum absolute atomic E-state index is 11.5. The van der Waals surface area contributed by atoms with Crippen molar-refractivity contribution in [3.8, 4) is 0 Å². The van der Waals surface area contributed by atoms with Gasteiger partial charge in [-0.15, -0.1) is 5.10 Å². The van der Waals surface area contributed by atoms with Crippen LogP contribution in [0.3, 0.4) is 0 Å². The molecule has 0 amide bonds. The highest BCUT2D eigenvalue weighted by Gasteiger charge is 2.51. The monoisotopic (exact) mass is 385 g/mol. The molecule has 0 N–H and O–H groups in total. The molecule has 4 atom stereocenters. The lowest BCUT2D eigenvalue weighted by Crippen LogP contribution is -2.40. The number of methoxy groups -OCH3 is 1. The molecule has 1 aliphatic rings. The molecule has 0 saturated carbocycles. The summed E-state index contributed by atoms with van der Waals surface area (Å²) >= 11 is 0. The van der Waals surface area contributed by atoms with E-state index in [1.54, 1.807) is 0 Å². The maximum atomic E-state index is 11.5. The molecule has 1 fully saturated rings. The van der Waals surface area contributed by atoms with E-state index < -0.39 is 48.4 Å². The first-order chi connectivity index (χ1) is 12.7. The number of carbonyl (C=O) groups excluding carboxylic acids is 4. The van der Waals surface area contributed by atoms with Crippen LogP contribution in [-0.2, 0) is 38.1 Å². The van der Waals surface area contributed by atoms with Crippen molar-refractivity contribution in [2.45, 2.75) is 45.3 Å². The van der Waals surface area contributed by atoms with E-state index in [-0.39, 0.29) is 12.4 Å². The Morgan fingerprint density at radius 1 is 1.07 bits per heavy atom. The number of esters is 4. The van der Waals surface area contributed by atoms with Gasteiger partial charge in [-0.05, 0) is 0 Å². The van der Waals surface area contributed by atoms with Gasteiger partial charge in [-0.3, -0.25) is 14.4 Å². The van der Waals surface area contributed by atoms with Gasteiger partial charge in [0.05, 0.1) is 7.11 Å². The van der Waals surface area contributed by atoms with Crippen molar-refractivity contribution in [1.82, 2.24) is 14.8 Å². The van der Waals surface area contributed by atoms with Crippen LogP contribution in [0.1, 0.15) is 37.6 Å². The van der Waals surface area contributed by atoms with Gasteiger partial charge in [-0.2, -0.15) is 0 Å². The smallest absolute Gasteiger partial charge is 0.377 e. The highest BCUT2D eigenvalue weighted by atomic mass is 16.7. The summed E-state index contributed by atoms with van der Waals surface area (Å²) in [6.07, 6.45) is -3.02. The van der Waals surface area contributed by atoms with E-state index >= 15 is 0 Å². The molecule has 0 spiro atoms. The number of hydrogen-bond donors (Lipinski definition) is 0. The van der Waals surface area contributed by atoms with Gasteiger partial charge in [0.25, 0.3) is 5.82 Å². The van der Waals surface area contributed by atoms with Crippen molar-refractivity contribution in [3.05, 3.63) is 12.2 Å². The molecule has 0 bridgehead atoms. The lowest BCUT2D eigenvalue weighted by Gasteiger charge is -2.23. The molecule has 1 aromatic rings. The third kappa shape index (κ3) is 5.00. The Kier molecular flexibility index (Phi) is 6.45. The summed E-state index contributed by atoms with van der Waals surface area (Å²) in [5, 5.41) is 3.93. The molecule has 0 radical (unpaired) electrons. The van der Waals surface area contributed by atoms with E-state index in [2.05, 4.69) is 14.8 Å². The Hall–Kier alpha value is -3.02. The number of ether oxygens (including phenoxy) is 5. The number of rotatable bonds is 6. The van der Waals surface area contributed by atoms with Gasteiger partial charge in [0, 0.05) is 20.8 Å². The van der Waals surface area contributed by atoms with Crippen molar-refractivity contribution in [3.63, 3.8) is 0 Å². The minimum atomic E-state index is -1.11. The van der Waals surface area contributed by atoms with Crippen LogP contribution < -0.4 is 0 Å². The van der Waals surface area contributed by atoms with E-state index in [9.17, 15) is 19.2 Å². The summed E-state index contributed by atoms with van der Waals surface area (Å²) in [7, 11) is 1.17. The molecule has 1 saturated heterocycles. The van der Waals surface area contributed by atoms with E-state index in [1.807, 2.05) is 0 Å². The average molecular weight is 385 g/mol. The molecular weight excluding hydrogens is 366 g/mol. The highest BCUT2D eigenvalue weighted by Crippen LogP contribution is 2.34. The summed E-state index contributed by atoms with van der Waals surface area (Å²) in [6.45, 7) is 3.30. The Morgan fingerprint density at radius 3 is 2.26 bits per heavy atom. The first-order valence-electron chi connectivity index (χ1n) is 7.85. The van der Waals surface area contributed by atoms with Gasteiger partial charge in [-0.1, -0.05) is 0 Å². The van der Waals surface area contributed by atoms with E-state index in [1.165, 1.54) is 34.2 Å². The summed E-state index contributed by atoms with van der Waals surface area (Å²) in [6, 6.07) is 0. The standard InChI is InChI=1S/C15H19N3O9/c1-7(19)24-5-10-11(25-8(2)20)12(26-9(3)21)14(27-10)18-6-16-13(17-18)15(22)23-4/h6,10-12,14H,5H2,1-4H3/t10-,11+,12-,14+/m0/s1. The Balaban J connectivity index is 2.33. The predicted octanol–water partition coefficient (Wildman–Crippen LogP) is -0.611. The molecule has 148 valence electrons. The largest absolute Gasteiger partial charge is 0.463 e. The lowest BCUT2D eigenvalue weighted by molar-refractivity contribution is -0.166. The second-order valence-corrected chi connectivity index (χ2v) is 5.56. The van der Waals surface area contributed by atoms with Crippen molar-refractivity contribution in [2.24, 2.45) is 0 Å². The van der Waals surface area contributed by atoms with Crippen LogP contribution in [0.4, 0.5) is 0 Å². The summed E-state index contributed by atoms with van der Waals surface area (Å²) in [5.41, 5.74) is 0. The molecule has 27 heavy (non-hydrogen) atoms. The summed E-state index contributed by atoms with van der Waals surface area (Å²) in [5.74, 6) is -2.89. The molecule has 0 unspecified atom stereocenters. The van der Waals surface area contributed by atoms with Crippen molar-refractivity contribution < 1.29 is 42.9 Å². The van der Waals surface area contributed by atoms with Crippen molar-refractivity contribution in [2.75, 3.05) is 13.7 Å². The van der Waals surface area contributed by atoms with Crippen LogP contribution >= 0.6 is 0 Å². The van der Waals surface area contributed by atoms with Crippen LogP contribution in [0.5, 0.6) is 0 Å². The second-order valence-electron chi connectivity index (χ2n) is 5.56. The fourth-order valence-corrected chi connectivity index (χ4v) is 2.49. The molecule has 0 aliphatic carbocycles. The van der Waals surface area contributed by atoms with E-state index in [0.717, 1.165) is 4.68 Å². The summed E-state index contributed by atoms with van der Waals surface area (Å²) in [4.78, 5) is 49.4. The maximum Gasteiger partial charge on any atom is 0.377 e. The molecule has 12 nitrogen and oxygen atoms in total. The minimum Gasteiger partial charge on any atom is -0.463 e. The number of nitrogens with zero attached hydrogens (tertiary/aromatic N) is 3. The highest BCUT2D eigenvalue weighted by molar-refractivity contribution is 5.84. The molecule has 0 aromatic carbocycles. The van der Waals surface area contributed by atoms with Crippen LogP contribution in [0.15, 0.2) is 6.33 Å². The van der Waals surface area contributed by atoms with Gasteiger partial charge in [0.2, 0.25) is 0 Å². The van der Waals surface area contributed by atoms with E-state index in [4.69, 9.17) is 18.9 Å². The van der Waals surface area contributed by atoms with Gasteiger partial charge >= 0.3 is 23.9 Å². The summed E-state index contributed by atoms with van der Waals surface area (Å²) < 4.78 is 26.8. The molecule has 1 aromatic heterocycles. The predicted molar refractivity (Wildman–Crippen MR) is 83.0 cm³/mol. The Morgan fingerprint density at radius 2 is 1.70 bits per heavy atom. The topological polar surface area (TPSA) is 145 Å². The Bertz CT molecular complexity index is 732. The van der Waals surface area contributed by atoms with Crippen LogP contribution in [0.2, 0.25) is 0 Å². The average Bonchev–Trinajstić information content (AvgIpc) is 3.18. The first-order valence-corrected chi connectivity index (χ1v) is 7.85. The zero-order valence-corrected chi connectivity index (χ0v) is 15.1. The minimum absolute atomic E-state index is 0.241. The molecule has 2 rings (SSSR count). The third-order valence-corrected chi connectivity index (χ3v) is 3.48. The fourth-order valence-electron chi connectivity index (χ4n) is 2.49. The van der Waals surface area contributed by atoms with Gasteiger partial charge in [-0.25, -0.2) is 14.5 Å². The normalized spacial score (nSPS) is 24.1. The Labute approximate surface area is 153 Å². The fraction of sp³-hybridized carbons (Fsp3) is 0.600. The van der Waals surface area contributed by atoms with E-state index in [0.29, 0.717) is 0 Å². The molecular formula is C15H19N3O9.